The second kappa shape index (κ2) is 8.48. The van der Waals surface area contributed by atoms with Crippen LogP contribution >= 0.6 is 11.8 Å². The number of nitrogens with one attached hydrogen (secondary N) is 1. The van der Waals surface area contributed by atoms with Crippen molar-refractivity contribution in [2.24, 2.45) is 0 Å². The lowest BCUT2D eigenvalue weighted by Gasteiger charge is -2.04. The Labute approximate surface area is 103 Å². The molecule has 1 aromatic rings. The quantitative estimate of drug-likeness (QED) is 0.556. The summed E-state index contributed by atoms with van der Waals surface area (Å²) in [6.07, 6.45) is 2.43. The van der Waals surface area contributed by atoms with Crippen molar-refractivity contribution >= 4 is 11.8 Å². The Kier molecular flexibility index (Phi) is 7.10. The standard InChI is InChI=1S/C13H21NOS/c1-3-9-14-10-4-11-16-13-7-5-12(15-2)6-8-13/h5-8,14H,3-4,9-11H2,1-2H3. The Morgan fingerprint density at radius 2 is 1.94 bits per heavy atom. The Bertz CT molecular complexity index is 274. The molecule has 0 unspecified atom stereocenters. The van der Waals surface area contributed by atoms with Crippen LogP contribution in [0.5, 0.6) is 5.75 Å². The van der Waals surface area contributed by atoms with Gasteiger partial charge in [0, 0.05) is 4.90 Å². The minimum Gasteiger partial charge on any atom is -0.497 e. The zero-order valence-corrected chi connectivity index (χ0v) is 11.0. The summed E-state index contributed by atoms with van der Waals surface area (Å²) in [4.78, 5) is 1.32. The van der Waals surface area contributed by atoms with Crippen LogP contribution in [0.3, 0.4) is 0 Å². The van der Waals surface area contributed by atoms with Gasteiger partial charge in [0.1, 0.15) is 5.75 Å². The fourth-order valence-electron chi connectivity index (χ4n) is 1.36. The van der Waals surface area contributed by atoms with Crippen LogP contribution in [-0.4, -0.2) is 26.0 Å². The van der Waals surface area contributed by atoms with Crippen LogP contribution < -0.4 is 10.1 Å². The van der Waals surface area contributed by atoms with Gasteiger partial charge >= 0.3 is 0 Å². The minimum absolute atomic E-state index is 0.925. The highest BCUT2D eigenvalue weighted by molar-refractivity contribution is 7.99. The van der Waals surface area contributed by atoms with Gasteiger partial charge in [0.25, 0.3) is 0 Å². The summed E-state index contributed by atoms with van der Waals surface area (Å²) in [5, 5.41) is 3.41. The van der Waals surface area contributed by atoms with Gasteiger partial charge in [-0.15, -0.1) is 11.8 Å². The lowest BCUT2D eigenvalue weighted by atomic mass is 10.3. The number of hydrogen-bond donors (Lipinski definition) is 1. The number of rotatable bonds is 8. The molecule has 0 aromatic heterocycles. The van der Waals surface area contributed by atoms with Gasteiger partial charge < -0.3 is 10.1 Å². The van der Waals surface area contributed by atoms with E-state index in [1.807, 2.05) is 23.9 Å². The Hall–Kier alpha value is -0.670. The second-order valence-corrected chi connectivity index (χ2v) is 4.80. The van der Waals surface area contributed by atoms with Gasteiger partial charge in [-0.2, -0.15) is 0 Å². The molecule has 0 atom stereocenters. The summed E-state index contributed by atoms with van der Waals surface area (Å²) in [6, 6.07) is 8.25. The molecule has 0 bridgehead atoms. The number of hydrogen-bond acceptors (Lipinski definition) is 3. The first-order chi connectivity index (χ1) is 7.86. The average molecular weight is 239 g/mol. The third-order valence-corrected chi connectivity index (χ3v) is 3.35. The summed E-state index contributed by atoms with van der Waals surface area (Å²) in [7, 11) is 1.70. The summed E-state index contributed by atoms with van der Waals surface area (Å²) in [5.74, 6) is 2.09. The highest BCUT2D eigenvalue weighted by Crippen LogP contribution is 2.21. The van der Waals surface area contributed by atoms with Crippen LogP contribution in [0, 0.1) is 0 Å². The van der Waals surface area contributed by atoms with Gasteiger partial charge in [-0.1, -0.05) is 6.92 Å². The maximum atomic E-state index is 5.12. The van der Waals surface area contributed by atoms with E-state index in [-0.39, 0.29) is 0 Å². The summed E-state index contributed by atoms with van der Waals surface area (Å²) < 4.78 is 5.12. The lowest BCUT2D eigenvalue weighted by molar-refractivity contribution is 0.414. The molecule has 0 aliphatic rings. The molecule has 0 aliphatic carbocycles. The first-order valence-electron chi connectivity index (χ1n) is 5.84. The molecular weight excluding hydrogens is 218 g/mol. The van der Waals surface area contributed by atoms with Gasteiger partial charge in [0.05, 0.1) is 7.11 Å². The molecule has 90 valence electrons. The zero-order valence-electron chi connectivity index (χ0n) is 10.2. The van der Waals surface area contributed by atoms with Gasteiger partial charge in [0.15, 0.2) is 0 Å². The van der Waals surface area contributed by atoms with Crippen LogP contribution in [0.25, 0.3) is 0 Å². The minimum atomic E-state index is 0.925. The highest BCUT2D eigenvalue weighted by Gasteiger charge is 1.95. The summed E-state index contributed by atoms with van der Waals surface area (Å²) in [6.45, 7) is 4.45. The van der Waals surface area contributed by atoms with E-state index < -0.39 is 0 Å². The Morgan fingerprint density at radius 3 is 2.56 bits per heavy atom. The van der Waals surface area contributed by atoms with Crippen molar-refractivity contribution in [2.45, 2.75) is 24.7 Å². The molecule has 0 saturated carbocycles. The number of benzene rings is 1. The number of methoxy groups -OCH3 is 1. The van der Waals surface area contributed by atoms with Crippen LogP contribution in [0.15, 0.2) is 29.2 Å². The number of ether oxygens (including phenoxy) is 1. The predicted molar refractivity (Wildman–Crippen MR) is 71.5 cm³/mol. The molecule has 16 heavy (non-hydrogen) atoms. The van der Waals surface area contributed by atoms with Crippen molar-refractivity contribution in [1.29, 1.82) is 0 Å². The van der Waals surface area contributed by atoms with Crippen molar-refractivity contribution in [3.63, 3.8) is 0 Å². The fourth-order valence-corrected chi connectivity index (χ4v) is 2.21. The molecule has 0 fully saturated rings. The smallest absolute Gasteiger partial charge is 0.118 e. The van der Waals surface area contributed by atoms with E-state index in [0.29, 0.717) is 0 Å². The third-order valence-electron chi connectivity index (χ3n) is 2.25. The Balaban J connectivity index is 2.12. The van der Waals surface area contributed by atoms with Crippen LogP contribution in [0.4, 0.5) is 0 Å². The van der Waals surface area contributed by atoms with Crippen LogP contribution in [0.2, 0.25) is 0 Å². The van der Waals surface area contributed by atoms with Crippen LogP contribution in [-0.2, 0) is 0 Å². The van der Waals surface area contributed by atoms with Gasteiger partial charge in [-0.05, 0) is 55.9 Å². The maximum Gasteiger partial charge on any atom is 0.118 e. The highest BCUT2D eigenvalue weighted by atomic mass is 32.2. The molecule has 0 heterocycles. The van der Waals surface area contributed by atoms with Crippen molar-refractivity contribution in [1.82, 2.24) is 5.32 Å². The van der Waals surface area contributed by atoms with E-state index in [0.717, 1.165) is 18.8 Å². The van der Waals surface area contributed by atoms with E-state index in [4.69, 9.17) is 4.74 Å². The van der Waals surface area contributed by atoms with E-state index in [9.17, 15) is 0 Å². The van der Waals surface area contributed by atoms with Crippen LogP contribution in [0.1, 0.15) is 19.8 Å². The van der Waals surface area contributed by atoms with Crippen molar-refractivity contribution in [3.8, 4) is 5.75 Å². The molecule has 3 heteroatoms. The second-order valence-electron chi connectivity index (χ2n) is 3.63. The van der Waals surface area contributed by atoms with E-state index in [1.165, 1.54) is 23.5 Å². The maximum absolute atomic E-state index is 5.12. The predicted octanol–water partition coefficient (Wildman–Crippen LogP) is 3.18. The van der Waals surface area contributed by atoms with E-state index in [2.05, 4.69) is 24.4 Å². The third kappa shape index (κ3) is 5.42. The molecule has 2 nitrogen and oxygen atoms in total. The van der Waals surface area contributed by atoms with Gasteiger partial charge in [-0.25, -0.2) is 0 Å². The SMILES string of the molecule is CCCNCCCSc1ccc(OC)cc1. The molecule has 0 aliphatic heterocycles. The normalized spacial score (nSPS) is 10.4. The largest absolute Gasteiger partial charge is 0.497 e. The first-order valence-corrected chi connectivity index (χ1v) is 6.83. The van der Waals surface area contributed by atoms with Gasteiger partial charge in [-0.3, -0.25) is 0 Å². The monoisotopic (exact) mass is 239 g/mol. The van der Waals surface area contributed by atoms with Crippen molar-refractivity contribution in [2.75, 3.05) is 26.0 Å². The first kappa shape index (κ1) is 13.4. The average Bonchev–Trinajstić information content (AvgIpc) is 2.34. The molecule has 0 spiro atoms. The molecule has 0 amide bonds. The molecule has 1 aromatic carbocycles. The molecule has 0 saturated heterocycles. The summed E-state index contributed by atoms with van der Waals surface area (Å²) in [5.41, 5.74) is 0. The fraction of sp³-hybridized carbons (Fsp3) is 0.538. The molecule has 0 radical (unpaired) electrons. The topological polar surface area (TPSA) is 21.3 Å². The number of thioether (sulfide) groups is 1. The van der Waals surface area contributed by atoms with Crippen molar-refractivity contribution in [3.05, 3.63) is 24.3 Å². The van der Waals surface area contributed by atoms with E-state index in [1.54, 1.807) is 7.11 Å². The lowest BCUT2D eigenvalue weighted by Crippen LogP contribution is -2.16. The molecule has 1 N–H and O–H groups in total. The van der Waals surface area contributed by atoms with E-state index >= 15 is 0 Å². The van der Waals surface area contributed by atoms with Gasteiger partial charge in [0.2, 0.25) is 0 Å². The van der Waals surface area contributed by atoms with Crippen molar-refractivity contribution < 1.29 is 4.74 Å². The zero-order chi connectivity index (χ0) is 11.6. The molecular formula is C13H21NOS. The summed E-state index contributed by atoms with van der Waals surface area (Å²) >= 11 is 1.90. The Morgan fingerprint density at radius 1 is 1.19 bits per heavy atom. The molecule has 1 rings (SSSR count).